The second-order valence-electron chi connectivity index (χ2n) is 4.51. The molecule has 0 aliphatic carbocycles. The van der Waals surface area contributed by atoms with Gasteiger partial charge in [0.1, 0.15) is 5.82 Å². The number of carbonyl (C=O) groups excluding carboxylic acids is 1. The predicted molar refractivity (Wildman–Crippen MR) is 69.8 cm³/mol. The number of piperazine rings is 1. The van der Waals surface area contributed by atoms with Gasteiger partial charge < -0.3 is 5.32 Å². The molecule has 6 heteroatoms. The molecule has 1 aromatic carbocycles. The highest BCUT2D eigenvalue weighted by atomic mass is 16.2. The maximum absolute atomic E-state index is 11.2. The molecular formula is C13H15N5O. The van der Waals surface area contributed by atoms with Crippen LogP contribution in [-0.2, 0) is 4.79 Å². The third kappa shape index (κ3) is 2.22. The Hall–Kier alpha value is -2.21. The summed E-state index contributed by atoms with van der Waals surface area (Å²) in [4.78, 5) is 11.2. The van der Waals surface area contributed by atoms with E-state index >= 15 is 0 Å². The van der Waals surface area contributed by atoms with Gasteiger partial charge in [-0.1, -0.05) is 18.2 Å². The molecule has 2 aromatic rings. The molecule has 0 radical (unpaired) electrons. The fourth-order valence-electron chi connectivity index (χ4n) is 2.25. The van der Waals surface area contributed by atoms with Crippen LogP contribution in [0.1, 0.15) is 17.7 Å². The monoisotopic (exact) mass is 257 g/mol. The Morgan fingerprint density at radius 1 is 1.26 bits per heavy atom. The first-order valence-electron chi connectivity index (χ1n) is 6.23. The van der Waals surface area contributed by atoms with Crippen molar-refractivity contribution in [1.82, 2.24) is 25.4 Å². The van der Waals surface area contributed by atoms with Gasteiger partial charge in [0.2, 0.25) is 5.91 Å². The molecule has 1 aromatic heterocycles. The zero-order valence-electron chi connectivity index (χ0n) is 10.6. The lowest BCUT2D eigenvalue weighted by Crippen LogP contribution is -2.47. The van der Waals surface area contributed by atoms with Crippen molar-refractivity contribution in [2.24, 2.45) is 0 Å². The summed E-state index contributed by atoms with van der Waals surface area (Å²) in [6, 6.07) is 9.95. The number of aryl methyl sites for hydroxylation is 1. The first-order valence-corrected chi connectivity index (χ1v) is 6.23. The maximum Gasteiger partial charge on any atom is 0.234 e. The van der Waals surface area contributed by atoms with Gasteiger partial charge in [-0.15, -0.1) is 10.2 Å². The van der Waals surface area contributed by atoms with Crippen LogP contribution in [-0.4, -0.2) is 33.8 Å². The fourth-order valence-corrected chi connectivity index (χ4v) is 2.25. The number of nitrogens with zero attached hydrogens (tertiary/aromatic N) is 3. The normalized spacial score (nSPS) is 19.2. The third-order valence-electron chi connectivity index (χ3n) is 3.19. The molecule has 19 heavy (non-hydrogen) atoms. The Balaban J connectivity index is 1.97. The molecule has 1 atom stereocenters. The van der Waals surface area contributed by atoms with Crippen LogP contribution < -0.4 is 10.6 Å². The van der Waals surface area contributed by atoms with Gasteiger partial charge in [-0.25, -0.2) is 0 Å². The van der Waals surface area contributed by atoms with Crippen molar-refractivity contribution in [1.29, 1.82) is 0 Å². The van der Waals surface area contributed by atoms with Gasteiger partial charge >= 0.3 is 0 Å². The van der Waals surface area contributed by atoms with Crippen LogP contribution in [0.3, 0.4) is 0 Å². The number of carbonyl (C=O) groups is 1. The zero-order valence-corrected chi connectivity index (χ0v) is 10.6. The molecule has 6 nitrogen and oxygen atoms in total. The van der Waals surface area contributed by atoms with Crippen LogP contribution in [0.15, 0.2) is 30.3 Å². The molecule has 1 aliphatic rings. The number of aromatic nitrogens is 3. The first-order chi connectivity index (χ1) is 9.25. The van der Waals surface area contributed by atoms with Crippen molar-refractivity contribution in [2.75, 3.05) is 13.1 Å². The van der Waals surface area contributed by atoms with Gasteiger partial charge in [-0.2, -0.15) is 0 Å². The summed E-state index contributed by atoms with van der Waals surface area (Å²) >= 11 is 0. The first kappa shape index (κ1) is 11.9. The Bertz CT molecular complexity index is 582. The highest BCUT2D eigenvalue weighted by molar-refractivity contribution is 5.78. The van der Waals surface area contributed by atoms with Crippen LogP contribution in [0.5, 0.6) is 0 Å². The van der Waals surface area contributed by atoms with Crippen LogP contribution in [0.25, 0.3) is 5.69 Å². The summed E-state index contributed by atoms with van der Waals surface area (Å²) in [7, 11) is 0. The minimum absolute atomic E-state index is 0.0127. The lowest BCUT2D eigenvalue weighted by Gasteiger charge is -2.24. The maximum atomic E-state index is 11.2. The van der Waals surface area contributed by atoms with Gasteiger partial charge in [-0.3, -0.25) is 14.7 Å². The minimum Gasteiger partial charge on any atom is -0.353 e. The van der Waals surface area contributed by atoms with Crippen LogP contribution in [0, 0.1) is 6.92 Å². The topological polar surface area (TPSA) is 71.8 Å². The number of hydrogen-bond donors (Lipinski definition) is 2. The third-order valence-corrected chi connectivity index (χ3v) is 3.19. The lowest BCUT2D eigenvalue weighted by molar-refractivity contribution is -0.121. The molecule has 3 rings (SSSR count). The van der Waals surface area contributed by atoms with E-state index in [0.717, 1.165) is 17.3 Å². The summed E-state index contributed by atoms with van der Waals surface area (Å²) in [5.74, 6) is 1.67. The molecule has 0 saturated carbocycles. The lowest BCUT2D eigenvalue weighted by atomic mass is 10.2. The van der Waals surface area contributed by atoms with Crippen molar-refractivity contribution in [3.63, 3.8) is 0 Å². The van der Waals surface area contributed by atoms with Crippen molar-refractivity contribution >= 4 is 5.91 Å². The molecule has 1 fully saturated rings. The Kier molecular flexibility index (Phi) is 3.00. The number of nitrogens with one attached hydrogen (secondary N) is 2. The van der Waals surface area contributed by atoms with E-state index in [9.17, 15) is 4.79 Å². The molecule has 0 bridgehead atoms. The number of para-hydroxylation sites is 1. The number of amides is 1. The van der Waals surface area contributed by atoms with E-state index in [2.05, 4.69) is 20.8 Å². The van der Waals surface area contributed by atoms with Crippen LogP contribution in [0.2, 0.25) is 0 Å². The largest absolute Gasteiger partial charge is 0.353 e. The summed E-state index contributed by atoms with van der Waals surface area (Å²) < 4.78 is 2.01. The predicted octanol–water partition coefficient (Wildman–Crippen LogP) is 0.336. The summed E-state index contributed by atoms with van der Waals surface area (Å²) in [6.07, 6.45) is 0. The van der Waals surface area contributed by atoms with Crippen molar-refractivity contribution in [3.05, 3.63) is 42.0 Å². The number of rotatable bonds is 2. The molecule has 2 N–H and O–H groups in total. The van der Waals surface area contributed by atoms with Crippen LogP contribution in [0.4, 0.5) is 0 Å². The van der Waals surface area contributed by atoms with E-state index in [1.807, 2.05) is 41.8 Å². The molecule has 1 aliphatic heterocycles. The molecule has 1 saturated heterocycles. The van der Waals surface area contributed by atoms with Crippen molar-refractivity contribution in [3.8, 4) is 5.69 Å². The van der Waals surface area contributed by atoms with E-state index < -0.39 is 0 Å². The number of hydrogen-bond acceptors (Lipinski definition) is 4. The van der Waals surface area contributed by atoms with Crippen molar-refractivity contribution < 1.29 is 4.79 Å². The molecule has 0 spiro atoms. The summed E-state index contributed by atoms with van der Waals surface area (Å²) in [5.41, 5.74) is 1.03. The van der Waals surface area contributed by atoms with E-state index in [4.69, 9.17) is 0 Å². The average Bonchev–Trinajstić information content (AvgIpc) is 2.82. The van der Waals surface area contributed by atoms with Crippen molar-refractivity contribution in [2.45, 2.75) is 13.0 Å². The highest BCUT2D eigenvalue weighted by Gasteiger charge is 2.24. The summed E-state index contributed by atoms with van der Waals surface area (Å²) in [6.45, 7) is 2.76. The van der Waals surface area contributed by atoms with E-state index in [1.165, 1.54) is 0 Å². The second kappa shape index (κ2) is 4.81. The standard InChI is InChI=1S/C13H15N5O/c1-9-16-17-13(11-7-15-12(19)8-14-11)18(9)10-5-3-2-4-6-10/h2-6,11,14H,7-8H2,1H3,(H,15,19). The van der Waals surface area contributed by atoms with E-state index in [1.54, 1.807) is 0 Å². The summed E-state index contributed by atoms with van der Waals surface area (Å²) in [5, 5.41) is 14.4. The van der Waals surface area contributed by atoms with E-state index in [-0.39, 0.29) is 11.9 Å². The highest BCUT2D eigenvalue weighted by Crippen LogP contribution is 2.18. The number of benzene rings is 1. The molecular weight excluding hydrogens is 242 g/mol. The molecule has 1 unspecified atom stereocenters. The van der Waals surface area contributed by atoms with Gasteiger partial charge in [-0.05, 0) is 19.1 Å². The van der Waals surface area contributed by atoms with Gasteiger partial charge in [0.15, 0.2) is 5.82 Å². The zero-order chi connectivity index (χ0) is 13.2. The minimum atomic E-state index is -0.0147. The SMILES string of the molecule is Cc1nnc(C2CNC(=O)CN2)n1-c1ccccc1. The molecule has 1 amide bonds. The average molecular weight is 257 g/mol. The second-order valence-corrected chi connectivity index (χ2v) is 4.51. The fraction of sp³-hybridized carbons (Fsp3) is 0.308. The Morgan fingerprint density at radius 2 is 2.05 bits per heavy atom. The van der Waals surface area contributed by atoms with E-state index in [0.29, 0.717) is 13.1 Å². The Morgan fingerprint density at radius 3 is 2.74 bits per heavy atom. The molecule has 2 heterocycles. The Labute approximate surface area is 110 Å². The van der Waals surface area contributed by atoms with Gasteiger partial charge in [0.25, 0.3) is 0 Å². The van der Waals surface area contributed by atoms with Gasteiger partial charge in [0, 0.05) is 12.2 Å². The smallest absolute Gasteiger partial charge is 0.234 e. The van der Waals surface area contributed by atoms with Gasteiger partial charge in [0.05, 0.1) is 12.6 Å². The quantitative estimate of drug-likeness (QED) is 0.813. The van der Waals surface area contributed by atoms with Crippen LogP contribution >= 0.6 is 0 Å². The molecule has 98 valence electrons.